The van der Waals surface area contributed by atoms with Gasteiger partial charge in [0.05, 0.1) is 6.20 Å². The van der Waals surface area contributed by atoms with Gasteiger partial charge < -0.3 is 9.32 Å². The predicted molar refractivity (Wildman–Crippen MR) is 105 cm³/mol. The van der Waals surface area contributed by atoms with Gasteiger partial charge in [0.15, 0.2) is 5.76 Å². The Kier molecular flexibility index (Phi) is 4.94. The molecule has 3 aromatic heterocycles. The van der Waals surface area contributed by atoms with Gasteiger partial charge in [0.1, 0.15) is 11.5 Å². The van der Waals surface area contributed by atoms with Crippen LogP contribution in [0, 0.1) is 6.92 Å². The molecule has 27 heavy (non-hydrogen) atoms. The minimum Gasteiger partial charge on any atom is -0.460 e. The van der Waals surface area contributed by atoms with Crippen molar-refractivity contribution in [3.8, 4) is 11.5 Å². The number of hydrogen-bond acceptors (Lipinski definition) is 6. The van der Waals surface area contributed by atoms with Crippen LogP contribution in [-0.2, 0) is 6.54 Å². The third-order valence-corrected chi connectivity index (χ3v) is 5.01. The van der Waals surface area contributed by atoms with Crippen molar-refractivity contribution >= 4 is 5.95 Å². The van der Waals surface area contributed by atoms with Crippen molar-refractivity contribution < 1.29 is 4.42 Å². The summed E-state index contributed by atoms with van der Waals surface area (Å²) in [7, 11) is 0. The molecule has 0 atom stereocenters. The molecule has 142 valence electrons. The Morgan fingerprint density at radius 1 is 1.15 bits per heavy atom. The van der Waals surface area contributed by atoms with Gasteiger partial charge in [-0.3, -0.25) is 10.00 Å². The van der Waals surface area contributed by atoms with Gasteiger partial charge in [0, 0.05) is 50.2 Å². The molecule has 4 rings (SSSR count). The molecule has 0 aliphatic carbocycles. The third kappa shape index (κ3) is 3.88. The Hall–Kier alpha value is -2.67. The molecule has 7 nitrogen and oxygen atoms in total. The molecule has 7 heteroatoms. The lowest BCUT2D eigenvalue weighted by molar-refractivity contribution is 0.249. The van der Waals surface area contributed by atoms with Gasteiger partial charge in [-0.1, -0.05) is 13.8 Å². The first kappa shape index (κ1) is 17.7. The van der Waals surface area contributed by atoms with Gasteiger partial charge in [-0.25, -0.2) is 9.97 Å². The number of piperazine rings is 1. The number of anilines is 1. The quantitative estimate of drug-likeness (QED) is 0.747. The molecule has 0 bridgehead atoms. The van der Waals surface area contributed by atoms with E-state index in [1.54, 1.807) is 0 Å². The summed E-state index contributed by atoms with van der Waals surface area (Å²) in [6, 6.07) is 5.97. The second kappa shape index (κ2) is 7.52. The van der Waals surface area contributed by atoms with Crippen LogP contribution in [0.1, 0.15) is 36.8 Å². The Balaban J connectivity index is 1.39. The van der Waals surface area contributed by atoms with E-state index >= 15 is 0 Å². The summed E-state index contributed by atoms with van der Waals surface area (Å²) >= 11 is 0. The Morgan fingerprint density at radius 2 is 1.96 bits per heavy atom. The number of nitrogens with one attached hydrogen (secondary N) is 1. The molecule has 0 unspecified atom stereocenters. The smallest absolute Gasteiger partial charge is 0.225 e. The zero-order chi connectivity index (χ0) is 18.8. The monoisotopic (exact) mass is 366 g/mol. The van der Waals surface area contributed by atoms with E-state index in [4.69, 9.17) is 9.40 Å². The number of aromatic nitrogens is 4. The Labute approximate surface area is 159 Å². The molecule has 1 saturated heterocycles. The molecule has 0 amide bonds. The minimum atomic E-state index is 0.415. The molecule has 3 aromatic rings. The number of nitrogens with zero attached hydrogens (tertiary/aromatic N) is 5. The van der Waals surface area contributed by atoms with Gasteiger partial charge in [0.25, 0.3) is 0 Å². The predicted octanol–water partition coefficient (Wildman–Crippen LogP) is 3.21. The summed E-state index contributed by atoms with van der Waals surface area (Å²) in [6.45, 7) is 10.9. The fraction of sp³-hybridized carbons (Fsp3) is 0.450. The van der Waals surface area contributed by atoms with Gasteiger partial charge >= 0.3 is 0 Å². The lowest BCUT2D eigenvalue weighted by Crippen LogP contribution is -2.46. The first-order valence-corrected chi connectivity index (χ1v) is 9.49. The van der Waals surface area contributed by atoms with Crippen LogP contribution < -0.4 is 4.90 Å². The van der Waals surface area contributed by atoms with Crippen molar-refractivity contribution in [2.75, 3.05) is 31.1 Å². The van der Waals surface area contributed by atoms with Gasteiger partial charge in [-0.05, 0) is 31.0 Å². The van der Waals surface area contributed by atoms with Crippen LogP contribution >= 0.6 is 0 Å². The second-order valence-electron chi connectivity index (χ2n) is 7.38. The molecule has 0 aromatic carbocycles. The molecular formula is C20H26N6O. The number of H-pyrrole nitrogens is 1. The zero-order valence-electron chi connectivity index (χ0n) is 16.1. The number of rotatable bonds is 5. The lowest BCUT2D eigenvalue weighted by atomic mass is 10.1. The van der Waals surface area contributed by atoms with Crippen LogP contribution in [0.2, 0.25) is 0 Å². The lowest BCUT2D eigenvalue weighted by Gasteiger charge is -2.34. The molecule has 0 spiro atoms. The van der Waals surface area contributed by atoms with Crippen LogP contribution in [0.3, 0.4) is 0 Å². The maximum absolute atomic E-state index is 5.75. The normalized spacial score (nSPS) is 15.6. The molecular weight excluding hydrogens is 340 g/mol. The Bertz CT molecular complexity index is 891. The molecule has 1 aliphatic rings. The van der Waals surface area contributed by atoms with Crippen LogP contribution in [0.15, 0.2) is 35.0 Å². The zero-order valence-corrected chi connectivity index (χ0v) is 16.1. The standard InChI is InChI=1S/C20H26N6O/c1-14(2)17-6-7-21-20(23-17)26-10-8-25(9-11-26)13-16-12-22-24-19(16)18-5-4-15(3)27-18/h4-7,12,14H,8-11,13H2,1-3H3,(H,22,24). The number of aryl methyl sites for hydroxylation is 1. The summed E-state index contributed by atoms with van der Waals surface area (Å²) in [5.74, 6) is 3.01. The minimum absolute atomic E-state index is 0.415. The van der Waals surface area contributed by atoms with Gasteiger partial charge in [0.2, 0.25) is 5.95 Å². The van der Waals surface area contributed by atoms with E-state index in [1.165, 1.54) is 0 Å². The van der Waals surface area contributed by atoms with E-state index in [0.29, 0.717) is 5.92 Å². The highest BCUT2D eigenvalue weighted by molar-refractivity contribution is 5.56. The summed E-state index contributed by atoms with van der Waals surface area (Å²) in [4.78, 5) is 13.9. The van der Waals surface area contributed by atoms with Gasteiger partial charge in [-0.2, -0.15) is 5.10 Å². The topological polar surface area (TPSA) is 74.1 Å². The fourth-order valence-corrected chi connectivity index (χ4v) is 3.40. The molecule has 1 fully saturated rings. The van der Waals surface area contributed by atoms with Crippen LogP contribution in [0.5, 0.6) is 0 Å². The largest absolute Gasteiger partial charge is 0.460 e. The average Bonchev–Trinajstić information content (AvgIpc) is 3.31. The molecule has 0 saturated carbocycles. The average molecular weight is 366 g/mol. The van der Waals surface area contributed by atoms with Gasteiger partial charge in [-0.15, -0.1) is 0 Å². The molecule has 1 N–H and O–H groups in total. The first-order valence-electron chi connectivity index (χ1n) is 9.49. The van der Waals surface area contributed by atoms with Crippen molar-refractivity contribution in [2.24, 2.45) is 0 Å². The van der Waals surface area contributed by atoms with Crippen LogP contribution in [-0.4, -0.2) is 51.2 Å². The first-order chi connectivity index (χ1) is 13.1. The summed E-state index contributed by atoms with van der Waals surface area (Å²) < 4.78 is 5.75. The number of hydrogen-bond donors (Lipinski definition) is 1. The van der Waals surface area contributed by atoms with E-state index in [2.05, 4.69) is 38.8 Å². The Morgan fingerprint density at radius 3 is 2.67 bits per heavy atom. The van der Waals surface area contributed by atoms with E-state index in [1.807, 2.05) is 37.5 Å². The van der Waals surface area contributed by atoms with Crippen molar-refractivity contribution in [1.29, 1.82) is 0 Å². The maximum atomic E-state index is 5.75. The van der Waals surface area contributed by atoms with Crippen LogP contribution in [0.25, 0.3) is 11.5 Å². The van der Waals surface area contributed by atoms with E-state index in [0.717, 1.165) is 67.1 Å². The number of aromatic amines is 1. The van der Waals surface area contributed by atoms with Crippen molar-refractivity contribution in [3.63, 3.8) is 0 Å². The highest BCUT2D eigenvalue weighted by atomic mass is 16.3. The SMILES string of the molecule is Cc1ccc(-c2[nH]ncc2CN2CCN(c3nccc(C(C)C)n3)CC2)o1. The molecule has 0 radical (unpaired) electrons. The number of furan rings is 1. The van der Waals surface area contributed by atoms with E-state index in [-0.39, 0.29) is 0 Å². The van der Waals surface area contributed by atoms with Crippen LogP contribution in [0.4, 0.5) is 5.95 Å². The summed E-state index contributed by atoms with van der Waals surface area (Å²) in [5.41, 5.74) is 3.23. The van der Waals surface area contributed by atoms with E-state index < -0.39 is 0 Å². The highest BCUT2D eigenvalue weighted by Gasteiger charge is 2.21. The second-order valence-corrected chi connectivity index (χ2v) is 7.38. The maximum Gasteiger partial charge on any atom is 0.225 e. The summed E-state index contributed by atoms with van der Waals surface area (Å²) in [5, 5.41) is 7.30. The van der Waals surface area contributed by atoms with Crippen molar-refractivity contribution in [1.82, 2.24) is 25.1 Å². The fourth-order valence-electron chi connectivity index (χ4n) is 3.40. The molecule has 4 heterocycles. The summed E-state index contributed by atoms with van der Waals surface area (Å²) in [6.07, 6.45) is 3.77. The van der Waals surface area contributed by atoms with Crippen molar-refractivity contribution in [2.45, 2.75) is 33.2 Å². The third-order valence-electron chi connectivity index (χ3n) is 5.01. The van der Waals surface area contributed by atoms with Crippen molar-refractivity contribution in [3.05, 3.63) is 47.6 Å². The van der Waals surface area contributed by atoms with E-state index in [9.17, 15) is 0 Å². The highest BCUT2D eigenvalue weighted by Crippen LogP contribution is 2.25. The molecule has 1 aliphatic heterocycles.